The first-order valence-corrected chi connectivity index (χ1v) is 9.29. The molecule has 1 heterocycles. The van der Waals surface area contributed by atoms with E-state index in [4.69, 9.17) is 27.9 Å². The molecule has 1 saturated heterocycles. The van der Waals surface area contributed by atoms with Crippen LogP contribution in [0.4, 0.5) is 0 Å². The molecule has 1 N–H and O–H groups in total. The second kappa shape index (κ2) is 8.41. The molecule has 3 rings (SSSR count). The number of hydrogen-bond donors (Lipinski definition) is 1. The Kier molecular flexibility index (Phi) is 6.24. The van der Waals surface area contributed by atoms with Crippen molar-refractivity contribution in [2.75, 3.05) is 20.3 Å². The summed E-state index contributed by atoms with van der Waals surface area (Å²) in [6.07, 6.45) is 1.94. The quantitative estimate of drug-likeness (QED) is 0.797. The smallest absolute Gasteiger partial charge is 0.124 e. The Hall–Kier alpha value is -1.26. The molecule has 0 unspecified atom stereocenters. The average molecular weight is 380 g/mol. The highest BCUT2D eigenvalue weighted by Gasteiger charge is 2.30. The van der Waals surface area contributed by atoms with Crippen LogP contribution in [0.5, 0.6) is 5.75 Å². The lowest BCUT2D eigenvalue weighted by molar-refractivity contribution is 0.0742. The maximum Gasteiger partial charge on any atom is 0.124 e. The summed E-state index contributed by atoms with van der Waals surface area (Å²) in [6, 6.07) is 14.4. The lowest BCUT2D eigenvalue weighted by Crippen LogP contribution is -2.37. The van der Waals surface area contributed by atoms with E-state index in [1.165, 1.54) is 5.56 Å². The number of aliphatic hydroxyl groups is 1. The highest BCUT2D eigenvalue weighted by atomic mass is 35.5. The molecular weight excluding hydrogens is 357 g/mol. The van der Waals surface area contributed by atoms with Gasteiger partial charge in [0, 0.05) is 30.8 Å². The van der Waals surface area contributed by atoms with Gasteiger partial charge in [0.25, 0.3) is 0 Å². The van der Waals surface area contributed by atoms with E-state index in [-0.39, 0.29) is 12.6 Å². The number of likely N-dealkylation sites (tertiary alicyclic amines) is 1. The first-order chi connectivity index (χ1) is 12.1. The number of ether oxygens (including phenoxy) is 1. The van der Waals surface area contributed by atoms with Crippen molar-refractivity contribution in [2.24, 2.45) is 5.92 Å². The zero-order valence-corrected chi connectivity index (χ0v) is 15.8. The summed E-state index contributed by atoms with van der Waals surface area (Å²) in [5, 5.41) is 10.7. The van der Waals surface area contributed by atoms with E-state index < -0.39 is 0 Å². The summed E-state index contributed by atoms with van der Waals surface area (Å²) in [4.78, 5) is 2.43. The van der Waals surface area contributed by atoms with Gasteiger partial charge in [-0.05, 0) is 36.9 Å². The first kappa shape index (κ1) is 18.5. The van der Waals surface area contributed by atoms with Crippen LogP contribution in [-0.4, -0.2) is 30.3 Å². The number of aliphatic hydroxyl groups excluding tert-OH is 1. The van der Waals surface area contributed by atoms with Crippen molar-refractivity contribution in [2.45, 2.75) is 25.4 Å². The molecule has 1 aliphatic rings. The van der Waals surface area contributed by atoms with E-state index in [0.717, 1.165) is 37.2 Å². The molecule has 1 fully saturated rings. The van der Waals surface area contributed by atoms with E-state index >= 15 is 0 Å². The molecule has 0 saturated carbocycles. The number of hydrogen-bond acceptors (Lipinski definition) is 3. The number of piperidine rings is 1. The summed E-state index contributed by atoms with van der Waals surface area (Å²) >= 11 is 12.3. The maximum absolute atomic E-state index is 9.61. The van der Waals surface area contributed by atoms with Gasteiger partial charge < -0.3 is 9.84 Å². The van der Waals surface area contributed by atoms with E-state index in [1.54, 1.807) is 13.2 Å². The molecule has 2 aromatic rings. The summed E-state index contributed by atoms with van der Waals surface area (Å²) < 4.78 is 5.50. The normalized spacial score (nSPS) is 21.3. The van der Waals surface area contributed by atoms with Crippen LogP contribution in [0.2, 0.25) is 10.0 Å². The van der Waals surface area contributed by atoms with Gasteiger partial charge in [0.1, 0.15) is 5.75 Å². The molecule has 5 heteroatoms. The Morgan fingerprint density at radius 1 is 1.16 bits per heavy atom. The molecule has 2 aromatic carbocycles. The van der Waals surface area contributed by atoms with Crippen molar-refractivity contribution in [1.29, 1.82) is 0 Å². The molecule has 3 nitrogen and oxygen atoms in total. The highest BCUT2D eigenvalue weighted by Crippen LogP contribution is 2.37. The molecule has 0 spiro atoms. The molecule has 2 atom stereocenters. The number of halogens is 2. The largest absolute Gasteiger partial charge is 0.496 e. The Morgan fingerprint density at radius 3 is 2.56 bits per heavy atom. The van der Waals surface area contributed by atoms with Gasteiger partial charge in [0.2, 0.25) is 0 Å². The van der Waals surface area contributed by atoms with Gasteiger partial charge >= 0.3 is 0 Å². The number of rotatable bonds is 5. The molecule has 0 amide bonds. The summed E-state index contributed by atoms with van der Waals surface area (Å²) in [7, 11) is 1.65. The minimum Gasteiger partial charge on any atom is -0.496 e. The van der Waals surface area contributed by atoms with Crippen LogP contribution in [0, 0.1) is 5.92 Å². The number of nitrogens with zero attached hydrogens (tertiary/aromatic N) is 1. The molecule has 0 bridgehead atoms. The summed E-state index contributed by atoms with van der Waals surface area (Å²) in [5.41, 5.74) is 2.31. The fourth-order valence-corrected chi connectivity index (χ4v) is 3.91. The van der Waals surface area contributed by atoms with Gasteiger partial charge in [-0.2, -0.15) is 0 Å². The van der Waals surface area contributed by atoms with Gasteiger partial charge in [-0.25, -0.2) is 0 Å². The zero-order chi connectivity index (χ0) is 17.8. The zero-order valence-electron chi connectivity index (χ0n) is 14.3. The van der Waals surface area contributed by atoms with E-state index in [0.29, 0.717) is 16.0 Å². The summed E-state index contributed by atoms with van der Waals surface area (Å²) in [6.45, 7) is 1.90. The monoisotopic (exact) mass is 379 g/mol. The van der Waals surface area contributed by atoms with Crippen LogP contribution in [0.3, 0.4) is 0 Å². The van der Waals surface area contributed by atoms with Crippen LogP contribution < -0.4 is 4.74 Å². The van der Waals surface area contributed by atoms with Gasteiger partial charge in [-0.1, -0.05) is 53.5 Å². The molecule has 25 heavy (non-hydrogen) atoms. The summed E-state index contributed by atoms with van der Waals surface area (Å²) in [5.74, 6) is 1.10. The third-order valence-electron chi connectivity index (χ3n) is 4.96. The minimum atomic E-state index is 0.243. The molecule has 1 aliphatic heterocycles. The van der Waals surface area contributed by atoms with Gasteiger partial charge in [-0.3, -0.25) is 4.90 Å². The van der Waals surface area contributed by atoms with Gasteiger partial charge in [0.15, 0.2) is 0 Å². The van der Waals surface area contributed by atoms with Crippen molar-refractivity contribution >= 4 is 23.2 Å². The Balaban J connectivity index is 1.88. The predicted molar refractivity (Wildman–Crippen MR) is 102 cm³/mol. The minimum absolute atomic E-state index is 0.243. The highest BCUT2D eigenvalue weighted by molar-refractivity contribution is 6.42. The van der Waals surface area contributed by atoms with Crippen LogP contribution in [0.1, 0.15) is 30.0 Å². The topological polar surface area (TPSA) is 32.7 Å². The first-order valence-electron chi connectivity index (χ1n) is 8.54. The molecular formula is C20H23Cl2NO2. The van der Waals surface area contributed by atoms with Crippen molar-refractivity contribution < 1.29 is 9.84 Å². The third-order valence-corrected chi connectivity index (χ3v) is 5.68. The van der Waals surface area contributed by atoms with Crippen LogP contribution in [0.25, 0.3) is 0 Å². The predicted octanol–water partition coefficient (Wildman–Crippen LogP) is 4.95. The average Bonchev–Trinajstić information content (AvgIpc) is 2.65. The Labute approximate surface area is 159 Å². The number of methoxy groups -OCH3 is 1. The fourth-order valence-electron chi connectivity index (χ4n) is 3.57. The lowest BCUT2D eigenvalue weighted by Gasteiger charge is -2.39. The second-order valence-electron chi connectivity index (χ2n) is 6.55. The molecule has 0 aliphatic carbocycles. The van der Waals surface area contributed by atoms with E-state index in [9.17, 15) is 5.11 Å². The second-order valence-corrected chi connectivity index (χ2v) is 7.36. The van der Waals surface area contributed by atoms with Crippen LogP contribution >= 0.6 is 23.2 Å². The molecule has 134 valence electrons. The van der Waals surface area contributed by atoms with Crippen molar-refractivity contribution in [3.8, 4) is 5.75 Å². The molecule has 0 aromatic heterocycles. The lowest BCUT2D eigenvalue weighted by atomic mass is 9.87. The van der Waals surface area contributed by atoms with E-state index in [1.807, 2.05) is 12.1 Å². The van der Waals surface area contributed by atoms with Crippen molar-refractivity contribution in [3.63, 3.8) is 0 Å². The van der Waals surface area contributed by atoms with Crippen molar-refractivity contribution in [3.05, 3.63) is 63.6 Å². The Morgan fingerprint density at radius 2 is 1.88 bits per heavy atom. The van der Waals surface area contributed by atoms with E-state index in [2.05, 4.69) is 29.2 Å². The standard InChI is InChI=1S/C20H23Cl2NO2/c1-25-20-11-18(22)17(21)10-16(20)12-23-8-7-14(13-24)9-19(23)15-5-3-2-4-6-15/h2-6,10-11,14,19,24H,7-9,12-13H2,1H3/t14-,19-/m1/s1. The van der Waals surface area contributed by atoms with Crippen LogP contribution in [-0.2, 0) is 6.54 Å². The fraction of sp³-hybridized carbons (Fsp3) is 0.400. The number of benzene rings is 2. The third kappa shape index (κ3) is 4.29. The van der Waals surface area contributed by atoms with Gasteiger partial charge in [0.05, 0.1) is 17.2 Å². The van der Waals surface area contributed by atoms with Crippen LogP contribution in [0.15, 0.2) is 42.5 Å². The maximum atomic E-state index is 9.61. The van der Waals surface area contributed by atoms with Crippen molar-refractivity contribution in [1.82, 2.24) is 4.90 Å². The SMILES string of the molecule is COc1cc(Cl)c(Cl)cc1CN1CC[C@@H](CO)C[C@@H]1c1ccccc1. The Bertz CT molecular complexity index is 708. The van der Waals surface area contributed by atoms with Gasteiger partial charge in [-0.15, -0.1) is 0 Å². The molecule has 0 radical (unpaired) electrons.